The maximum absolute atomic E-state index is 13.2. The van der Waals surface area contributed by atoms with E-state index in [2.05, 4.69) is 9.47 Å². The summed E-state index contributed by atoms with van der Waals surface area (Å²) < 4.78 is 20.1. The molecule has 3 heterocycles. The zero-order valence-electron chi connectivity index (χ0n) is 17.3. The molecule has 2 aromatic rings. The van der Waals surface area contributed by atoms with Crippen LogP contribution in [-0.2, 0) is 31.9 Å². The van der Waals surface area contributed by atoms with Crippen molar-refractivity contribution in [3.63, 3.8) is 0 Å². The van der Waals surface area contributed by atoms with Gasteiger partial charge in [-0.05, 0) is 24.3 Å². The quantitative estimate of drug-likeness (QED) is 0.488. The summed E-state index contributed by atoms with van der Waals surface area (Å²) in [6, 6.07) is 4.80. The molecule has 1 fully saturated rings. The normalized spacial score (nSPS) is 15.9. The Morgan fingerprint density at radius 2 is 1.19 bits per heavy atom. The van der Waals surface area contributed by atoms with Crippen molar-refractivity contribution in [2.45, 2.75) is 12.8 Å². The lowest BCUT2D eigenvalue weighted by Gasteiger charge is -2.40. The van der Waals surface area contributed by atoms with E-state index in [0.29, 0.717) is 0 Å². The summed E-state index contributed by atoms with van der Waals surface area (Å²) >= 11 is 0. The summed E-state index contributed by atoms with van der Waals surface area (Å²) in [7, 11) is 4.88. The Labute approximate surface area is 176 Å². The molecule has 0 bridgehead atoms. The van der Waals surface area contributed by atoms with Crippen LogP contribution in [0.3, 0.4) is 0 Å². The van der Waals surface area contributed by atoms with Crippen molar-refractivity contribution in [1.29, 1.82) is 0 Å². The number of rotatable bonds is 6. The van der Waals surface area contributed by atoms with Crippen LogP contribution in [0.1, 0.15) is 32.6 Å². The van der Waals surface area contributed by atoms with Crippen LogP contribution in [0.2, 0.25) is 0 Å². The highest BCUT2D eigenvalue weighted by molar-refractivity contribution is 6.19. The predicted molar refractivity (Wildman–Crippen MR) is 101 cm³/mol. The van der Waals surface area contributed by atoms with Gasteiger partial charge >= 0.3 is 18.0 Å². The maximum Gasteiger partial charge on any atom is 0.373 e. The minimum atomic E-state index is -1.81. The largest absolute Gasteiger partial charge is 0.463 e. The van der Waals surface area contributed by atoms with Crippen LogP contribution in [-0.4, -0.2) is 67.9 Å². The number of imide groups is 2. The molecule has 0 aliphatic carbocycles. The van der Waals surface area contributed by atoms with E-state index in [4.69, 9.17) is 8.83 Å². The van der Waals surface area contributed by atoms with Crippen molar-refractivity contribution >= 4 is 29.8 Å². The van der Waals surface area contributed by atoms with E-state index in [9.17, 15) is 24.0 Å². The highest BCUT2D eigenvalue weighted by atomic mass is 16.5. The lowest BCUT2D eigenvalue weighted by Crippen LogP contribution is -2.64. The van der Waals surface area contributed by atoms with Gasteiger partial charge in [0.15, 0.2) is 0 Å². The first-order valence-electron chi connectivity index (χ1n) is 9.09. The number of hydrogen-bond donors (Lipinski definition) is 0. The van der Waals surface area contributed by atoms with E-state index in [1.807, 2.05) is 0 Å². The number of furan rings is 2. The van der Waals surface area contributed by atoms with E-state index in [0.717, 1.165) is 9.80 Å². The van der Waals surface area contributed by atoms with Crippen LogP contribution in [0.25, 0.3) is 0 Å². The van der Waals surface area contributed by atoms with Crippen molar-refractivity contribution in [1.82, 2.24) is 9.80 Å². The van der Waals surface area contributed by atoms with Crippen molar-refractivity contribution in [2.24, 2.45) is 5.41 Å². The molecule has 0 N–H and O–H groups in total. The lowest BCUT2D eigenvalue weighted by molar-refractivity contribution is -0.157. The minimum absolute atomic E-state index is 0.105. The number of amides is 4. The van der Waals surface area contributed by atoms with E-state index < -0.39 is 35.2 Å². The zero-order chi connectivity index (χ0) is 22.9. The highest BCUT2D eigenvalue weighted by Crippen LogP contribution is 2.37. The van der Waals surface area contributed by atoms with Gasteiger partial charge in [-0.1, -0.05) is 0 Å². The summed E-state index contributed by atoms with van der Waals surface area (Å²) in [6.07, 6.45) is -0.532. The van der Waals surface area contributed by atoms with Gasteiger partial charge in [-0.15, -0.1) is 0 Å². The fourth-order valence-corrected chi connectivity index (χ4v) is 3.46. The van der Waals surface area contributed by atoms with Gasteiger partial charge in [0.05, 0.1) is 14.2 Å². The number of carbonyl (C=O) groups is 5. The van der Waals surface area contributed by atoms with Crippen molar-refractivity contribution < 1.29 is 42.3 Å². The Bertz CT molecular complexity index is 982. The molecule has 0 saturated carbocycles. The number of nitrogens with zero attached hydrogens (tertiary/aromatic N) is 2. The second-order valence-corrected chi connectivity index (χ2v) is 6.96. The zero-order valence-corrected chi connectivity index (χ0v) is 17.3. The highest BCUT2D eigenvalue weighted by Gasteiger charge is 2.56. The molecule has 1 aliphatic rings. The summed E-state index contributed by atoms with van der Waals surface area (Å²) in [6.45, 7) is 0. The molecule has 31 heavy (non-hydrogen) atoms. The van der Waals surface area contributed by atoms with Gasteiger partial charge in [0.25, 0.3) is 0 Å². The smallest absolute Gasteiger partial charge is 0.373 e. The van der Waals surface area contributed by atoms with Gasteiger partial charge in [-0.3, -0.25) is 19.4 Å². The van der Waals surface area contributed by atoms with Gasteiger partial charge in [0, 0.05) is 26.9 Å². The lowest BCUT2D eigenvalue weighted by atomic mass is 9.75. The molecule has 11 nitrogen and oxygen atoms in total. The van der Waals surface area contributed by atoms with E-state index in [-0.39, 0.29) is 35.9 Å². The first-order chi connectivity index (χ1) is 14.6. The Morgan fingerprint density at radius 3 is 1.55 bits per heavy atom. The van der Waals surface area contributed by atoms with Gasteiger partial charge in [0.2, 0.25) is 23.3 Å². The number of hydrogen-bond acceptors (Lipinski definition) is 9. The third-order valence-electron chi connectivity index (χ3n) is 5.05. The second-order valence-electron chi connectivity index (χ2n) is 6.96. The van der Waals surface area contributed by atoms with Crippen LogP contribution in [0.15, 0.2) is 33.1 Å². The Hall–Kier alpha value is -3.89. The Morgan fingerprint density at radius 1 is 0.806 bits per heavy atom. The molecular weight excluding hydrogens is 412 g/mol. The number of ether oxygens (including phenoxy) is 2. The van der Waals surface area contributed by atoms with Gasteiger partial charge in [0.1, 0.15) is 16.9 Å². The predicted octanol–water partition coefficient (Wildman–Crippen LogP) is 1.27. The monoisotopic (exact) mass is 432 g/mol. The SMILES string of the molecule is COC(=O)c1ccc(CC2(Cc3ccc(C(=O)OC)o3)C(=O)N(C)C(=O)N(C)C2=O)o1. The summed E-state index contributed by atoms with van der Waals surface area (Å²) in [5.41, 5.74) is -1.81. The third-order valence-corrected chi connectivity index (χ3v) is 5.05. The Balaban J connectivity index is 2.04. The molecule has 0 radical (unpaired) electrons. The van der Waals surface area contributed by atoms with Crippen molar-refractivity contribution in [2.75, 3.05) is 28.3 Å². The number of methoxy groups -OCH3 is 2. The average Bonchev–Trinajstić information content (AvgIpc) is 3.43. The second kappa shape index (κ2) is 8.09. The number of barbiturate groups is 1. The van der Waals surface area contributed by atoms with Gasteiger partial charge < -0.3 is 18.3 Å². The first kappa shape index (κ1) is 21.8. The summed E-state index contributed by atoms with van der Waals surface area (Å²) in [4.78, 5) is 63.7. The van der Waals surface area contributed by atoms with Gasteiger partial charge in [-0.25, -0.2) is 14.4 Å². The fraction of sp³-hybridized carbons (Fsp3) is 0.350. The van der Waals surface area contributed by atoms with E-state index >= 15 is 0 Å². The molecule has 3 rings (SSSR count). The molecule has 0 atom stereocenters. The standard InChI is InChI=1S/C20H20N2O9/c1-21-17(25)20(18(26)22(2)19(21)27,9-11-5-7-13(30-11)15(23)28-3)10-12-6-8-14(31-12)16(24)29-4/h5-8H,9-10H2,1-4H3. The molecule has 164 valence electrons. The van der Waals surface area contributed by atoms with Crippen molar-refractivity contribution in [3.8, 4) is 0 Å². The third kappa shape index (κ3) is 3.69. The summed E-state index contributed by atoms with van der Waals surface area (Å²) in [5.74, 6) is -2.89. The molecule has 1 aliphatic heterocycles. The van der Waals surface area contributed by atoms with Crippen LogP contribution in [0.5, 0.6) is 0 Å². The van der Waals surface area contributed by atoms with E-state index in [1.54, 1.807) is 0 Å². The van der Waals surface area contributed by atoms with Crippen LogP contribution >= 0.6 is 0 Å². The molecule has 1 saturated heterocycles. The fourth-order valence-electron chi connectivity index (χ4n) is 3.46. The topological polar surface area (TPSA) is 137 Å². The number of urea groups is 1. The Kier molecular flexibility index (Phi) is 5.69. The molecule has 0 aromatic carbocycles. The summed E-state index contributed by atoms with van der Waals surface area (Å²) in [5, 5.41) is 0. The van der Waals surface area contributed by atoms with Crippen LogP contribution in [0, 0.1) is 5.41 Å². The van der Waals surface area contributed by atoms with Crippen LogP contribution in [0.4, 0.5) is 4.79 Å². The van der Waals surface area contributed by atoms with E-state index in [1.165, 1.54) is 52.6 Å². The molecule has 0 unspecified atom stereocenters. The number of esters is 2. The first-order valence-corrected chi connectivity index (χ1v) is 9.09. The molecule has 11 heteroatoms. The average molecular weight is 432 g/mol. The van der Waals surface area contributed by atoms with Crippen LogP contribution < -0.4 is 0 Å². The molecule has 0 spiro atoms. The van der Waals surface area contributed by atoms with Gasteiger partial charge in [-0.2, -0.15) is 0 Å². The maximum atomic E-state index is 13.2. The molecular formula is C20H20N2O9. The minimum Gasteiger partial charge on any atom is -0.463 e. The van der Waals surface area contributed by atoms with Crippen molar-refractivity contribution in [3.05, 3.63) is 47.3 Å². The number of carbonyl (C=O) groups excluding carboxylic acids is 5. The molecule has 4 amide bonds. The molecule has 2 aromatic heterocycles.